The van der Waals surface area contributed by atoms with Gasteiger partial charge in [-0.3, -0.25) is 9.79 Å². The maximum atomic E-state index is 12.8. The highest BCUT2D eigenvalue weighted by atomic mass is 127. The average molecular weight is 482 g/mol. The molecule has 0 heterocycles. The minimum atomic E-state index is -0.249. The second kappa shape index (κ2) is 11.6. The lowest BCUT2D eigenvalue weighted by Crippen LogP contribution is -2.49. The van der Waals surface area contributed by atoms with Crippen LogP contribution in [0.5, 0.6) is 0 Å². The van der Waals surface area contributed by atoms with Crippen LogP contribution < -0.4 is 10.6 Å². The van der Waals surface area contributed by atoms with Gasteiger partial charge >= 0.3 is 0 Å². The third-order valence-electron chi connectivity index (χ3n) is 2.94. The van der Waals surface area contributed by atoms with E-state index in [1.54, 1.807) is 35.8 Å². The Morgan fingerprint density at radius 3 is 2.40 bits per heavy atom. The summed E-state index contributed by atoms with van der Waals surface area (Å²) in [7, 11) is 3.51. The van der Waals surface area contributed by atoms with E-state index >= 15 is 0 Å². The number of nitrogens with one attached hydrogen (secondary N) is 2. The van der Waals surface area contributed by atoms with Crippen LogP contribution in [-0.2, 0) is 4.79 Å². The van der Waals surface area contributed by atoms with Crippen LogP contribution in [0.4, 0.5) is 4.39 Å². The summed E-state index contributed by atoms with van der Waals surface area (Å²) < 4.78 is 12.8. The molecule has 0 saturated carbocycles. The monoisotopic (exact) mass is 482 g/mol. The van der Waals surface area contributed by atoms with E-state index in [1.807, 2.05) is 27.8 Å². The van der Waals surface area contributed by atoms with Gasteiger partial charge in [-0.1, -0.05) is 0 Å². The van der Waals surface area contributed by atoms with Crippen molar-refractivity contribution in [2.24, 2.45) is 4.99 Å². The number of hydrogen-bond acceptors (Lipinski definition) is 3. The average Bonchev–Trinajstić information content (AvgIpc) is 2.47. The fourth-order valence-corrected chi connectivity index (χ4v) is 2.76. The molecule has 0 aliphatic heterocycles. The van der Waals surface area contributed by atoms with Crippen LogP contribution in [0, 0.1) is 5.82 Å². The molecule has 0 radical (unpaired) electrons. The molecule has 142 valence electrons. The van der Waals surface area contributed by atoms with Crippen LogP contribution in [0.15, 0.2) is 34.2 Å². The van der Waals surface area contributed by atoms with E-state index in [2.05, 4.69) is 15.6 Å². The summed E-state index contributed by atoms with van der Waals surface area (Å²) in [4.78, 5) is 18.9. The predicted octanol–water partition coefficient (Wildman–Crippen LogP) is 2.96. The molecule has 2 N–H and O–H groups in total. The maximum absolute atomic E-state index is 12.8. The summed E-state index contributed by atoms with van der Waals surface area (Å²) in [6, 6.07) is 6.43. The minimum absolute atomic E-state index is 0. The highest BCUT2D eigenvalue weighted by molar-refractivity contribution is 14.0. The Labute approximate surface area is 171 Å². The van der Waals surface area contributed by atoms with Crippen LogP contribution in [0.1, 0.15) is 20.8 Å². The van der Waals surface area contributed by atoms with Crippen molar-refractivity contribution < 1.29 is 9.18 Å². The van der Waals surface area contributed by atoms with Crippen molar-refractivity contribution in [2.45, 2.75) is 31.2 Å². The number of aliphatic imine (C=N–C) groups is 1. The lowest BCUT2D eigenvalue weighted by atomic mass is 10.1. The molecule has 0 spiro atoms. The highest BCUT2D eigenvalue weighted by Crippen LogP contribution is 2.17. The minimum Gasteiger partial charge on any atom is -0.355 e. The van der Waals surface area contributed by atoms with E-state index in [9.17, 15) is 9.18 Å². The normalized spacial score (nSPS) is 11.5. The van der Waals surface area contributed by atoms with Gasteiger partial charge in [0.1, 0.15) is 5.82 Å². The zero-order valence-electron chi connectivity index (χ0n) is 15.4. The number of likely N-dealkylation sites (N-methyl/N-ethyl adjacent to an activating group) is 1. The summed E-state index contributed by atoms with van der Waals surface area (Å²) in [5.41, 5.74) is -0.249. The fourth-order valence-electron chi connectivity index (χ4n) is 2.00. The topological polar surface area (TPSA) is 56.7 Å². The molecule has 0 fully saturated rings. The standard InChI is InChI=1S/C17H27FN4OS.HI/c1-17(2,3)21-15(23)12-22(5)16(19-4)20-10-11-24-14-8-6-13(18)7-9-14;/h6-9H,10-12H2,1-5H3,(H,19,20)(H,21,23);1H. The first-order valence-electron chi connectivity index (χ1n) is 7.82. The zero-order chi connectivity index (χ0) is 18.2. The van der Waals surface area contributed by atoms with Crippen molar-refractivity contribution in [1.29, 1.82) is 0 Å². The lowest BCUT2D eigenvalue weighted by Gasteiger charge is -2.25. The van der Waals surface area contributed by atoms with Crippen LogP contribution >= 0.6 is 35.7 Å². The van der Waals surface area contributed by atoms with Gasteiger partial charge < -0.3 is 15.5 Å². The second-order valence-electron chi connectivity index (χ2n) is 6.43. The molecule has 0 aliphatic rings. The first-order valence-corrected chi connectivity index (χ1v) is 8.81. The Balaban J connectivity index is 0.00000576. The van der Waals surface area contributed by atoms with Gasteiger partial charge in [0, 0.05) is 36.8 Å². The van der Waals surface area contributed by atoms with Crippen molar-refractivity contribution >= 4 is 47.6 Å². The number of rotatable bonds is 6. The molecular weight excluding hydrogens is 454 g/mol. The molecule has 1 aromatic carbocycles. The van der Waals surface area contributed by atoms with Gasteiger partial charge in [0.2, 0.25) is 5.91 Å². The van der Waals surface area contributed by atoms with Gasteiger partial charge in [-0.25, -0.2) is 4.39 Å². The molecule has 25 heavy (non-hydrogen) atoms. The number of thioether (sulfide) groups is 1. The van der Waals surface area contributed by atoms with Gasteiger partial charge in [-0.05, 0) is 45.0 Å². The Morgan fingerprint density at radius 2 is 1.88 bits per heavy atom. The Kier molecular flexibility index (Phi) is 11.1. The first kappa shape index (κ1) is 24.0. The Morgan fingerprint density at radius 1 is 1.28 bits per heavy atom. The zero-order valence-corrected chi connectivity index (χ0v) is 18.6. The molecule has 0 unspecified atom stereocenters. The summed E-state index contributed by atoms with van der Waals surface area (Å²) in [6.07, 6.45) is 0. The quantitative estimate of drug-likeness (QED) is 0.215. The van der Waals surface area contributed by atoms with Gasteiger partial charge in [0.05, 0.1) is 6.54 Å². The number of guanidine groups is 1. The molecular formula is C17H28FIN4OS. The van der Waals surface area contributed by atoms with Crippen LogP contribution in [0.3, 0.4) is 0 Å². The summed E-state index contributed by atoms with van der Waals surface area (Å²) >= 11 is 1.63. The molecule has 1 rings (SSSR count). The van der Waals surface area contributed by atoms with Gasteiger partial charge in [0.25, 0.3) is 0 Å². The van der Waals surface area contributed by atoms with Crippen molar-refractivity contribution in [3.8, 4) is 0 Å². The van der Waals surface area contributed by atoms with Crippen molar-refractivity contribution in [1.82, 2.24) is 15.5 Å². The molecule has 5 nitrogen and oxygen atoms in total. The number of amides is 1. The molecule has 1 amide bonds. The SMILES string of the molecule is CN=C(NCCSc1ccc(F)cc1)N(C)CC(=O)NC(C)(C)C.I. The Bertz CT molecular complexity index is 561. The largest absolute Gasteiger partial charge is 0.355 e. The number of nitrogens with zero attached hydrogens (tertiary/aromatic N) is 2. The van der Waals surface area contributed by atoms with E-state index in [4.69, 9.17) is 0 Å². The second-order valence-corrected chi connectivity index (χ2v) is 7.60. The molecule has 0 aromatic heterocycles. The molecule has 1 aromatic rings. The fraction of sp³-hybridized carbons (Fsp3) is 0.529. The third-order valence-corrected chi connectivity index (χ3v) is 3.95. The van der Waals surface area contributed by atoms with Gasteiger partial charge in [-0.2, -0.15) is 0 Å². The number of hydrogen-bond donors (Lipinski definition) is 2. The number of carbonyl (C=O) groups excluding carboxylic acids is 1. The molecule has 0 aliphatic carbocycles. The number of halogens is 2. The third kappa shape index (κ3) is 10.5. The summed E-state index contributed by atoms with van der Waals surface area (Å²) in [6.45, 7) is 6.78. The van der Waals surface area contributed by atoms with Crippen molar-refractivity contribution in [2.75, 3.05) is 32.9 Å². The Hall–Kier alpha value is -1.03. The summed E-state index contributed by atoms with van der Waals surface area (Å²) in [5, 5.41) is 6.14. The first-order chi connectivity index (χ1) is 11.2. The van der Waals surface area contributed by atoms with Crippen LogP contribution in [0.25, 0.3) is 0 Å². The van der Waals surface area contributed by atoms with Crippen LogP contribution in [0.2, 0.25) is 0 Å². The van der Waals surface area contributed by atoms with E-state index in [1.165, 1.54) is 12.1 Å². The molecule has 0 atom stereocenters. The summed E-state index contributed by atoms with van der Waals surface area (Å²) in [5.74, 6) is 1.20. The van der Waals surface area contributed by atoms with Crippen molar-refractivity contribution in [3.05, 3.63) is 30.1 Å². The molecule has 0 bridgehead atoms. The number of carbonyl (C=O) groups is 1. The van der Waals surface area contributed by atoms with E-state index in [0.717, 1.165) is 10.6 Å². The van der Waals surface area contributed by atoms with Gasteiger partial charge in [-0.15, -0.1) is 35.7 Å². The van der Waals surface area contributed by atoms with Crippen molar-refractivity contribution in [3.63, 3.8) is 0 Å². The van der Waals surface area contributed by atoms with Crippen LogP contribution in [-0.4, -0.2) is 55.2 Å². The highest BCUT2D eigenvalue weighted by Gasteiger charge is 2.16. The van der Waals surface area contributed by atoms with E-state index < -0.39 is 0 Å². The smallest absolute Gasteiger partial charge is 0.240 e. The molecule has 8 heteroatoms. The lowest BCUT2D eigenvalue weighted by molar-refractivity contribution is -0.122. The number of benzene rings is 1. The maximum Gasteiger partial charge on any atom is 0.240 e. The predicted molar refractivity (Wildman–Crippen MR) is 114 cm³/mol. The van der Waals surface area contributed by atoms with E-state index in [-0.39, 0.29) is 47.8 Å². The molecule has 0 saturated heterocycles. The van der Waals surface area contributed by atoms with E-state index in [0.29, 0.717) is 12.5 Å². The van der Waals surface area contributed by atoms with Gasteiger partial charge in [0.15, 0.2) is 5.96 Å².